The Bertz CT molecular complexity index is 455. The average Bonchev–Trinajstić information content (AvgIpc) is 2.63. The first-order chi connectivity index (χ1) is 7.90. The molecule has 0 unspecified atom stereocenters. The van der Waals surface area contributed by atoms with Gasteiger partial charge in [-0.2, -0.15) is 0 Å². The predicted octanol–water partition coefficient (Wildman–Crippen LogP) is -1.83. The third-order valence-electron chi connectivity index (χ3n) is 1.81. The summed E-state index contributed by atoms with van der Waals surface area (Å²) in [6, 6.07) is -1.39. The third-order valence-corrected chi connectivity index (χ3v) is 1.81. The van der Waals surface area contributed by atoms with E-state index in [0.29, 0.717) is 5.82 Å². The minimum absolute atomic E-state index is 0.196. The zero-order valence-electron chi connectivity index (χ0n) is 8.93. The lowest BCUT2D eigenvalue weighted by Gasteiger charge is -2.10. The third kappa shape index (κ3) is 3.55. The molecule has 5 N–H and O–H groups in total. The molecule has 1 atom stereocenters. The first-order valence-electron chi connectivity index (χ1n) is 4.61. The van der Waals surface area contributed by atoms with E-state index in [-0.39, 0.29) is 5.82 Å². The SMILES string of the molecule is Cc1nc(C(=O)N[C@H](CC(N)=O)C(=O)O)n[nH]1. The van der Waals surface area contributed by atoms with E-state index in [1.54, 1.807) is 6.92 Å². The molecule has 9 nitrogen and oxygen atoms in total. The summed E-state index contributed by atoms with van der Waals surface area (Å²) in [5.41, 5.74) is 4.86. The molecule has 0 radical (unpaired) electrons. The maximum absolute atomic E-state index is 11.5. The first-order valence-corrected chi connectivity index (χ1v) is 4.61. The molecule has 0 aliphatic rings. The van der Waals surface area contributed by atoms with E-state index < -0.39 is 30.2 Å². The van der Waals surface area contributed by atoms with Crippen LogP contribution in [0.3, 0.4) is 0 Å². The molecule has 1 heterocycles. The molecule has 0 aromatic carbocycles. The number of amides is 2. The van der Waals surface area contributed by atoms with Gasteiger partial charge in [-0.15, -0.1) is 5.10 Å². The predicted molar refractivity (Wildman–Crippen MR) is 53.8 cm³/mol. The van der Waals surface area contributed by atoms with Crippen LogP contribution in [0.25, 0.3) is 0 Å². The molecule has 17 heavy (non-hydrogen) atoms. The molecule has 92 valence electrons. The van der Waals surface area contributed by atoms with Crippen molar-refractivity contribution in [1.29, 1.82) is 0 Å². The van der Waals surface area contributed by atoms with E-state index in [9.17, 15) is 14.4 Å². The lowest BCUT2D eigenvalue weighted by molar-refractivity contribution is -0.140. The topological polar surface area (TPSA) is 151 Å². The van der Waals surface area contributed by atoms with Gasteiger partial charge in [0.25, 0.3) is 5.91 Å². The van der Waals surface area contributed by atoms with Gasteiger partial charge >= 0.3 is 5.97 Å². The van der Waals surface area contributed by atoms with Crippen LogP contribution >= 0.6 is 0 Å². The van der Waals surface area contributed by atoms with E-state index in [4.69, 9.17) is 10.8 Å². The number of aliphatic carboxylic acids is 1. The molecule has 0 aliphatic heterocycles. The molecule has 0 fully saturated rings. The fraction of sp³-hybridized carbons (Fsp3) is 0.375. The second-order valence-corrected chi connectivity index (χ2v) is 3.28. The number of rotatable bonds is 5. The number of hydrogen-bond donors (Lipinski definition) is 4. The lowest BCUT2D eigenvalue weighted by atomic mass is 10.2. The summed E-state index contributed by atoms with van der Waals surface area (Å²) in [6.45, 7) is 1.59. The number of carbonyl (C=O) groups is 3. The molecular formula is C8H11N5O4. The quantitative estimate of drug-likeness (QED) is 0.476. The van der Waals surface area contributed by atoms with Crippen molar-refractivity contribution in [3.8, 4) is 0 Å². The van der Waals surface area contributed by atoms with Gasteiger partial charge in [0.2, 0.25) is 11.7 Å². The highest BCUT2D eigenvalue weighted by molar-refractivity contribution is 5.94. The summed E-state index contributed by atoms with van der Waals surface area (Å²) in [5.74, 6) is -2.76. The fourth-order valence-corrected chi connectivity index (χ4v) is 1.07. The molecule has 9 heteroatoms. The number of nitrogens with one attached hydrogen (secondary N) is 2. The van der Waals surface area contributed by atoms with Gasteiger partial charge < -0.3 is 16.2 Å². The average molecular weight is 241 g/mol. The lowest BCUT2D eigenvalue weighted by Crippen LogP contribution is -2.43. The van der Waals surface area contributed by atoms with Crippen molar-refractivity contribution in [2.45, 2.75) is 19.4 Å². The molecule has 0 saturated heterocycles. The Morgan fingerprint density at radius 3 is 2.59 bits per heavy atom. The monoisotopic (exact) mass is 241 g/mol. The minimum atomic E-state index is -1.39. The largest absolute Gasteiger partial charge is 0.480 e. The van der Waals surface area contributed by atoms with E-state index in [1.807, 2.05) is 0 Å². The van der Waals surface area contributed by atoms with Crippen molar-refractivity contribution < 1.29 is 19.5 Å². The first kappa shape index (κ1) is 12.6. The highest BCUT2D eigenvalue weighted by Gasteiger charge is 2.24. The number of primary amides is 1. The summed E-state index contributed by atoms with van der Waals surface area (Å²) < 4.78 is 0. The number of hydrogen-bond acceptors (Lipinski definition) is 5. The molecule has 1 aromatic rings. The molecular weight excluding hydrogens is 230 g/mol. The van der Waals surface area contributed by atoms with Gasteiger partial charge in [-0.05, 0) is 6.92 Å². The van der Waals surface area contributed by atoms with Crippen LogP contribution < -0.4 is 11.1 Å². The number of carboxylic acids is 1. The van der Waals surface area contributed by atoms with Crippen LogP contribution in [0.1, 0.15) is 22.9 Å². The van der Waals surface area contributed by atoms with Crippen LogP contribution in [-0.4, -0.2) is 44.1 Å². The number of carboxylic acid groups (broad SMARTS) is 1. The Kier molecular flexibility index (Phi) is 3.75. The molecule has 0 saturated carbocycles. The van der Waals surface area contributed by atoms with Crippen molar-refractivity contribution in [1.82, 2.24) is 20.5 Å². The summed E-state index contributed by atoms with van der Waals surface area (Å²) in [6.07, 6.45) is -0.496. The maximum Gasteiger partial charge on any atom is 0.326 e. The number of nitrogens with two attached hydrogens (primary N) is 1. The van der Waals surface area contributed by atoms with Gasteiger partial charge in [-0.1, -0.05) is 0 Å². The molecule has 0 aliphatic carbocycles. The van der Waals surface area contributed by atoms with Crippen LogP contribution in [0.4, 0.5) is 0 Å². The Labute approximate surface area is 95.4 Å². The van der Waals surface area contributed by atoms with Gasteiger partial charge in [0.05, 0.1) is 6.42 Å². The molecule has 1 aromatic heterocycles. The van der Waals surface area contributed by atoms with Crippen molar-refractivity contribution in [2.75, 3.05) is 0 Å². The number of aromatic amines is 1. The van der Waals surface area contributed by atoms with Crippen molar-refractivity contribution in [2.24, 2.45) is 5.73 Å². The fourth-order valence-electron chi connectivity index (χ4n) is 1.07. The van der Waals surface area contributed by atoms with E-state index in [0.717, 1.165) is 0 Å². The van der Waals surface area contributed by atoms with Crippen molar-refractivity contribution >= 4 is 17.8 Å². The summed E-state index contributed by atoms with van der Waals surface area (Å²) in [7, 11) is 0. The van der Waals surface area contributed by atoms with Gasteiger partial charge in [-0.25, -0.2) is 9.78 Å². The molecule has 0 bridgehead atoms. The van der Waals surface area contributed by atoms with Crippen LogP contribution in [-0.2, 0) is 9.59 Å². The Balaban J connectivity index is 2.70. The van der Waals surface area contributed by atoms with Crippen molar-refractivity contribution in [3.05, 3.63) is 11.6 Å². The number of nitrogens with zero attached hydrogens (tertiary/aromatic N) is 2. The van der Waals surface area contributed by atoms with Crippen LogP contribution in [0, 0.1) is 6.92 Å². The van der Waals surface area contributed by atoms with E-state index >= 15 is 0 Å². The Hall–Kier alpha value is -2.45. The maximum atomic E-state index is 11.5. The highest BCUT2D eigenvalue weighted by atomic mass is 16.4. The molecule has 0 spiro atoms. The number of carbonyl (C=O) groups excluding carboxylic acids is 2. The Morgan fingerprint density at radius 2 is 2.18 bits per heavy atom. The van der Waals surface area contributed by atoms with E-state index in [1.165, 1.54) is 0 Å². The standard InChI is InChI=1S/C8H11N5O4/c1-3-10-6(13-12-3)7(15)11-4(8(16)17)2-5(9)14/h4H,2H2,1H3,(H2,9,14)(H,11,15)(H,16,17)(H,10,12,13)/t4-/m1/s1. The number of H-pyrrole nitrogens is 1. The van der Waals surface area contributed by atoms with Crippen LogP contribution in [0.15, 0.2) is 0 Å². The molecule has 2 amide bonds. The summed E-state index contributed by atoms with van der Waals surface area (Å²) in [5, 5.41) is 16.8. The zero-order valence-corrected chi connectivity index (χ0v) is 8.93. The van der Waals surface area contributed by atoms with Crippen LogP contribution in [0.5, 0.6) is 0 Å². The second-order valence-electron chi connectivity index (χ2n) is 3.28. The summed E-state index contributed by atoms with van der Waals surface area (Å²) in [4.78, 5) is 36.5. The van der Waals surface area contributed by atoms with Crippen LogP contribution in [0.2, 0.25) is 0 Å². The number of aromatic nitrogens is 3. The zero-order chi connectivity index (χ0) is 13.0. The minimum Gasteiger partial charge on any atom is -0.480 e. The normalized spacial score (nSPS) is 11.8. The number of aryl methyl sites for hydroxylation is 1. The van der Waals surface area contributed by atoms with E-state index in [2.05, 4.69) is 20.5 Å². The highest BCUT2D eigenvalue weighted by Crippen LogP contribution is 1.96. The van der Waals surface area contributed by atoms with Gasteiger partial charge in [0, 0.05) is 0 Å². The van der Waals surface area contributed by atoms with Gasteiger partial charge in [-0.3, -0.25) is 14.7 Å². The van der Waals surface area contributed by atoms with Crippen molar-refractivity contribution in [3.63, 3.8) is 0 Å². The second kappa shape index (κ2) is 5.05. The summed E-state index contributed by atoms with van der Waals surface area (Å²) >= 11 is 0. The van der Waals surface area contributed by atoms with Gasteiger partial charge in [0.15, 0.2) is 0 Å². The smallest absolute Gasteiger partial charge is 0.326 e. The Morgan fingerprint density at radius 1 is 1.53 bits per heavy atom. The van der Waals surface area contributed by atoms with Gasteiger partial charge in [0.1, 0.15) is 11.9 Å². The molecule has 1 rings (SSSR count).